The highest BCUT2D eigenvalue weighted by Gasteiger charge is 2.26. The zero-order chi connectivity index (χ0) is 14.6. The number of hydrogen-bond acceptors (Lipinski definition) is 6. The minimum atomic E-state index is -4.23. The van der Waals surface area contributed by atoms with Gasteiger partial charge in [-0.25, -0.2) is 8.42 Å². The molecule has 0 aliphatic rings. The number of nitro benzene ring substituents is 1. The monoisotopic (exact) mass is 300 g/mol. The summed E-state index contributed by atoms with van der Waals surface area (Å²) >= 11 is 4.55. The first-order valence-electron chi connectivity index (χ1n) is 4.75. The minimum absolute atomic E-state index is 0.460. The lowest BCUT2D eigenvalue weighted by molar-refractivity contribution is -0.387. The van der Waals surface area contributed by atoms with Crippen LogP contribution in [0.3, 0.4) is 0 Å². The molecule has 1 aromatic rings. The van der Waals surface area contributed by atoms with Crippen LogP contribution in [-0.4, -0.2) is 18.5 Å². The molecule has 8 nitrogen and oxygen atoms in total. The first kappa shape index (κ1) is 14.8. The van der Waals surface area contributed by atoms with Gasteiger partial charge in [-0.1, -0.05) is 6.07 Å². The zero-order valence-electron chi connectivity index (χ0n) is 9.58. The van der Waals surface area contributed by atoms with Crippen LogP contribution in [0.15, 0.2) is 23.1 Å². The van der Waals surface area contributed by atoms with Crippen molar-refractivity contribution >= 4 is 33.0 Å². The maximum atomic E-state index is 11.9. The predicted octanol–water partition coefficient (Wildman–Crippen LogP) is 0.537. The molecule has 10 heteroatoms. The van der Waals surface area contributed by atoms with Crippen molar-refractivity contribution in [1.82, 2.24) is 10.0 Å². The molecule has 0 radical (unpaired) electrons. The molecule has 0 spiro atoms. The Bertz CT molecular complexity index is 678. The van der Waals surface area contributed by atoms with Crippen molar-refractivity contribution in [3.8, 4) is 6.19 Å². The van der Waals surface area contributed by atoms with E-state index in [4.69, 9.17) is 5.26 Å². The summed E-state index contributed by atoms with van der Waals surface area (Å²) in [5.41, 5.74) is -0.0389. The summed E-state index contributed by atoms with van der Waals surface area (Å²) in [5, 5.41) is 20.6. The number of nitro groups is 1. The average molecular weight is 300 g/mol. The van der Waals surface area contributed by atoms with Crippen LogP contribution in [-0.2, 0) is 10.0 Å². The molecular weight excluding hydrogens is 292 g/mol. The van der Waals surface area contributed by atoms with Crippen LogP contribution in [0.5, 0.6) is 0 Å². The van der Waals surface area contributed by atoms with E-state index in [1.54, 1.807) is 6.92 Å². The highest BCUT2D eigenvalue weighted by atomic mass is 32.2. The summed E-state index contributed by atoms with van der Waals surface area (Å²) < 4.78 is 25.7. The van der Waals surface area contributed by atoms with E-state index in [0.29, 0.717) is 5.56 Å². The highest BCUT2D eigenvalue weighted by molar-refractivity contribution is 7.92. The topological polar surface area (TPSA) is 125 Å². The normalized spacial score (nSPS) is 10.3. The van der Waals surface area contributed by atoms with E-state index in [-0.39, 0.29) is 0 Å². The predicted molar refractivity (Wildman–Crippen MR) is 69.5 cm³/mol. The number of hydrogen-bond donors (Lipinski definition) is 2. The molecule has 2 N–H and O–H groups in total. The first-order valence-corrected chi connectivity index (χ1v) is 6.64. The van der Waals surface area contributed by atoms with Crippen molar-refractivity contribution in [2.45, 2.75) is 11.8 Å². The van der Waals surface area contributed by atoms with Crippen LogP contribution in [0.2, 0.25) is 0 Å². The van der Waals surface area contributed by atoms with Gasteiger partial charge in [0.05, 0.1) is 4.92 Å². The van der Waals surface area contributed by atoms with Crippen molar-refractivity contribution in [1.29, 1.82) is 5.26 Å². The van der Waals surface area contributed by atoms with Gasteiger partial charge in [0.15, 0.2) is 16.2 Å². The molecule has 0 aliphatic carbocycles. The third kappa shape index (κ3) is 3.60. The Kier molecular flexibility index (Phi) is 4.36. The fraction of sp³-hybridized carbons (Fsp3) is 0.111. The third-order valence-corrected chi connectivity index (χ3v) is 3.71. The van der Waals surface area contributed by atoms with E-state index in [9.17, 15) is 18.5 Å². The molecule has 0 aliphatic heterocycles. The fourth-order valence-electron chi connectivity index (χ4n) is 1.24. The minimum Gasteiger partial charge on any atom is -0.269 e. The number of nitrogens with zero attached hydrogens (tertiary/aromatic N) is 2. The van der Waals surface area contributed by atoms with Crippen molar-refractivity contribution in [2.24, 2.45) is 0 Å². The van der Waals surface area contributed by atoms with E-state index in [1.165, 1.54) is 12.3 Å². The lowest BCUT2D eigenvalue weighted by atomic mass is 10.2. The molecule has 1 aromatic carbocycles. The molecule has 0 aromatic heterocycles. The van der Waals surface area contributed by atoms with Crippen LogP contribution in [0.4, 0.5) is 5.69 Å². The molecular formula is C9H8N4O4S2. The van der Waals surface area contributed by atoms with Gasteiger partial charge in [0.25, 0.3) is 15.7 Å². The summed E-state index contributed by atoms with van der Waals surface area (Å²) in [5.74, 6) is 0. The van der Waals surface area contributed by atoms with Gasteiger partial charge in [-0.15, -0.1) is 0 Å². The second-order valence-electron chi connectivity index (χ2n) is 3.40. The number of benzene rings is 1. The molecule has 0 heterocycles. The number of nitriles is 1. The zero-order valence-corrected chi connectivity index (χ0v) is 11.2. The first-order chi connectivity index (χ1) is 8.77. The van der Waals surface area contributed by atoms with Gasteiger partial charge < -0.3 is 0 Å². The van der Waals surface area contributed by atoms with E-state index < -0.39 is 30.6 Å². The third-order valence-electron chi connectivity index (χ3n) is 2.00. The highest BCUT2D eigenvalue weighted by Crippen LogP contribution is 2.24. The number of thiocarbonyl (C=S) groups is 1. The molecule has 0 atom stereocenters. The van der Waals surface area contributed by atoms with Crippen LogP contribution >= 0.6 is 12.2 Å². The van der Waals surface area contributed by atoms with Gasteiger partial charge in [0.1, 0.15) is 0 Å². The molecule has 0 amide bonds. The second-order valence-corrected chi connectivity index (χ2v) is 5.46. The van der Waals surface area contributed by atoms with Gasteiger partial charge in [-0.2, -0.15) is 5.26 Å². The van der Waals surface area contributed by atoms with Gasteiger partial charge in [-0.05, 0) is 30.8 Å². The Balaban J connectivity index is 3.28. The molecule has 0 unspecified atom stereocenters. The molecule has 0 saturated heterocycles. The summed E-state index contributed by atoms with van der Waals surface area (Å²) in [6.45, 7) is 1.59. The maximum Gasteiger partial charge on any atom is 0.289 e. The van der Waals surface area contributed by atoms with Crippen LogP contribution in [0.25, 0.3) is 0 Å². The van der Waals surface area contributed by atoms with Crippen LogP contribution in [0, 0.1) is 28.5 Å². The standard InChI is InChI=1S/C9H8N4O4S2/c1-6-2-3-7(13(14)15)8(4-6)19(16,17)12-9(18)11-5-10/h2-4H,1H3,(H2,11,12,18). The van der Waals surface area contributed by atoms with Crippen LogP contribution < -0.4 is 10.0 Å². The van der Waals surface area contributed by atoms with Gasteiger partial charge >= 0.3 is 0 Å². The average Bonchev–Trinajstić information content (AvgIpc) is 2.27. The maximum absolute atomic E-state index is 11.9. The number of rotatable bonds is 3. The summed E-state index contributed by atoms with van der Waals surface area (Å²) in [7, 11) is -4.23. The largest absolute Gasteiger partial charge is 0.289 e. The lowest BCUT2D eigenvalue weighted by Gasteiger charge is -2.08. The van der Waals surface area contributed by atoms with E-state index in [2.05, 4.69) is 12.2 Å². The molecule has 0 fully saturated rings. The molecule has 19 heavy (non-hydrogen) atoms. The van der Waals surface area contributed by atoms with Crippen molar-refractivity contribution in [2.75, 3.05) is 0 Å². The summed E-state index contributed by atoms with van der Waals surface area (Å²) in [6.07, 6.45) is 1.44. The Labute approximate surface area is 114 Å². The molecule has 100 valence electrons. The van der Waals surface area contributed by atoms with E-state index >= 15 is 0 Å². The number of nitrogens with one attached hydrogen (secondary N) is 2. The van der Waals surface area contributed by atoms with Gasteiger partial charge in [-0.3, -0.25) is 20.2 Å². The van der Waals surface area contributed by atoms with E-state index in [1.807, 2.05) is 10.0 Å². The van der Waals surface area contributed by atoms with E-state index in [0.717, 1.165) is 12.1 Å². The molecule has 1 rings (SSSR count). The Hall–Kier alpha value is -2.25. The van der Waals surface area contributed by atoms with Crippen molar-refractivity contribution < 1.29 is 13.3 Å². The smallest absolute Gasteiger partial charge is 0.269 e. The Morgan fingerprint density at radius 1 is 1.53 bits per heavy atom. The quantitative estimate of drug-likeness (QED) is 0.274. The Morgan fingerprint density at radius 3 is 2.68 bits per heavy atom. The second kappa shape index (κ2) is 5.59. The van der Waals surface area contributed by atoms with Gasteiger partial charge in [0, 0.05) is 6.07 Å². The van der Waals surface area contributed by atoms with Crippen molar-refractivity contribution in [3.63, 3.8) is 0 Å². The fourth-order valence-corrected chi connectivity index (χ4v) is 2.78. The van der Waals surface area contributed by atoms with Crippen LogP contribution in [0.1, 0.15) is 5.56 Å². The Morgan fingerprint density at radius 2 is 2.16 bits per heavy atom. The molecule has 0 saturated carbocycles. The molecule has 0 bridgehead atoms. The lowest BCUT2D eigenvalue weighted by Crippen LogP contribution is -2.37. The number of aryl methyl sites for hydroxylation is 1. The number of sulfonamides is 1. The summed E-state index contributed by atoms with van der Waals surface area (Å²) in [6, 6.07) is 3.66. The summed E-state index contributed by atoms with van der Waals surface area (Å²) in [4.78, 5) is 9.48. The SMILES string of the molecule is Cc1ccc([N+](=O)[O-])c(S(=O)(=O)NC(=S)NC#N)c1. The van der Waals surface area contributed by atoms with Crippen molar-refractivity contribution in [3.05, 3.63) is 33.9 Å². The van der Waals surface area contributed by atoms with Gasteiger partial charge in [0.2, 0.25) is 0 Å².